The minimum atomic E-state index is -0.283. The Morgan fingerprint density at radius 2 is 1.05 bits per heavy atom. The summed E-state index contributed by atoms with van der Waals surface area (Å²) in [6.07, 6.45) is 0. The van der Waals surface area contributed by atoms with Gasteiger partial charge in [0, 0.05) is 0 Å². The number of nitrogens with one attached hydrogen (secondary N) is 2. The van der Waals surface area contributed by atoms with Gasteiger partial charge in [-0.15, -0.1) is 0 Å². The van der Waals surface area contributed by atoms with Crippen LogP contribution in [0.2, 0.25) is 0 Å². The lowest BCUT2D eigenvalue weighted by Gasteiger charge is -2.04. The first-order valence-electron chi connectivity index (χ1n) is 6.29. The van der Waals surface area contributed by atoms with Crippen LogP contribution in [0.4, 0.5) is 0 Å². The van der Waals surface area contributed by atoms with Gasteiger partial charge < -0.3 is 0 Å². The number of benzene rings is 3. The second-order valence-electron chi connectivity index (χ2n) is 4.85. The summed E-state index contributed by atoms with van der Waals surface area (Å²) in [6, 6.07) is 15.6. The Hall–Kier alpha value is -2.88. The van der Waals surface area contributed by atoms with Gasteiger partial charge in [0.2, 0.25) is 0 Å². The molecule has 4 heteroatoms. The summed E-state index contributed by atoms with van der Waals surface area (Å²) in [7, 11) is 0. The van der Waals surface area contributed by atoms with Crippen molar-refractivity contribution in [3.05, 3.63) is 69.2 Å². The van der Waals surface area contributed by atoms with E-state index < -0.39 is 0 Å². The summed E-state index contributed by atoms with van der Waals surface area (Å²) >= 11 is 0. The lowest BCUT2D eigenvalue weighted by molar-refractivity contribution is 0.977. The van der Waals surface area contributed by atoms with Crippen molar-refractivity contribution in [1.29, 1.82) is 0 Å². The van der Waals surface area contributed by atoms with E-state index >= 15 is 0 Å². The minimum Gasteiger partial charge on any atom is -0.267 e. The molecule has 0 amide bonds. The average Bonchev–Trinajstić information content (AvgIpc) is 2.47. The molecular weight excluding hydrogens is 252 g/mol. The molecule has 0 aliphatic heterocycles. The maximum atomic E-state index is 11.8. The number of hydrogen-bond donors (Lipinski definition) is 2. The lowest BCUT2D eigenvalue weighted by Crippen LogP contribution is -2.18. The molecule has 0 saturated carbocycles. The van der Waals surface area contributed by atoms with Crippen LogP contribution >= 0.6 is 0 Å². The fraction of sp³-hybridized carbons (Fsp3) is 0. The van der Waals surface area contributed by atoms with Crippen LogP contribution in [0, 0.1) is 0 Å². The van der Waals surface area contributed by atoms with Crippen molar-refractivity contribution < 1.29 is 0 Å². The number of rotatable bonds is 0. The maximum absolute atomic E-state index is 11.8. The van der Waals surface area contributed by atoms with Gasteiger partial charge in [-0.3, -0.25) is 19.8 Å². The van der Waals surface area contributed by atoms with E-state index in [4.69, 9.17) is 0 Å². The van der Waals surface area contributed by atoms with Crippen molar-refractivity contribution in [1.82, 2.24) is 10.2 Å². The lowest BCUT2D eigenvalue weighted by atomic mass is 10.0. The van der Waals surface area contributed by atoms with E-state index in [9.17, 15) is 9.59 Å². The number of aromatic amines is 2. The highest BCUT2D eigenvalue weighted by molar-refractivity contribution is 6.04. The van der Waals surface area contributed by atoms with Gasteiger partial charge in [-0.1, -0.05) is 24.3 Å². The van der Waals surface area contributed by atoms with Crippen molar-refractivity contribution >= 4 is 32.3 Å². The molecule has 0 aliphatic rings. The molecule has 0 fully saturated rings. The number of aromatic nitrogens is 2. The zero-order valence-electron chi connectivity index (χ0n) is 10.4. The van der Waals surface area contributed by atoms with Crippen LogP contribution in [-0.2, 0) is 0 Å². The van der Waals surface area contributed by atoms with Crippen molar-refractivity contribution in [2.75, 3.05) is 0 Å². The van der Waals surface area contributed by atoms with E-state index in [-0.39, 0.29) is 11.1 Å². The molecule has 3 aromatic carbocycles. The highest BCUT2D eigenvalue weighted by Gasteiger charge is 2.06. The Kier molecular flexibility index (Phi) is 2.09. The van der Waals surface area contributed by atoms with E-state index in [2.05, 4.69) is 10.2 Å². The standard InChI is InChI=1S/C16H10N2O2/c19-15-13-7-11-5-9-3-1-2-4-10(9)6-12(11)8-14(13)16(20)18-17-15/h1-8H,(H,17,19)(H,18,20). The molecule has 4 aromatic rings. The molecule has 4 nitrogen and oxygen atoms in total. The predicted octanol–water partition coefficient (Wildman–Crippen LogP) is 2.52. The topological polar surface area (TPSA) is 65.7 Å². The fourth-order valence-corrected chi connectivity index (χ4v) is 2.62. The number of H-pyrrole nitrogens is 2. The van der Waals surface area contributed by atoms with Gasteiger partial charge in [0.1, 0.15) is 0 Å². The Labute approximate surface area is 112 Å². The Morgan fingerprint density at radius 3 is 1.50 bits per heavy atom. The summed E-state index contributed by atoms with van der Waals surface area (Å²) in [4.78, 5) is 23.6. The third-order valence-electron chi connectivity index (χ3n) is 3.62. The highest BCUT2D eigenvalue weighted by atomic mass is 16.1. The summed E-state index contributed by atoms with van der Waals surface area (Å²) in [5.41, 5.74) is -0.565. The molecule has 0 unspecified atom stereocenters. The first-order chi connectivity index (χ1) is 9.72. The quantitative estimate of drug-likeness (QED) is 0.478. The molecule has 2 N–H and O–H groups in total. The molecule has 96 valence electrons. The molecule has 0 saturated heterocycles. The molecule has 4 rings (SSSR count). The molecule has 20 heavy (non-hydrogen) atoms. The van der Waals surface area contributed by atoms with E-state index in [0.29, 0.717) is 10.8 Å². The molecule has 0 spiro atoms. The van der Waals surface area contributed by atoms with Gasteiger partial charge in [-0.05, 0) is 45.8 Å². The van der Waals surface area contributed by atoms with Crippen LogP contribution in [-0.4, -0.2) is 10.2 Å². The zero-order chi connectivity index (χ0) is 13.7. The summed E-state index contributed by atoms with van der Waals surface area (Å²) in [6.45, 7) is 0. The van der Waals surface area contributed by atoms with Gasteiger partial charge in [0.05, 0.1) is 10.8 Å². The second kappa shape index (κ2) is 3.81. The molecule has 0 radical (unpaired) electrons. The van der Waals surface area contributed by atoms with E-state index in [1.807, 2.05) is 36.4 Å². The van der Waals surface area contributed by atoms with Gasteiger partial charge >= 0.3 is 0 Å². The average molecular weight is 262 g/mol. The van der Waals surface area contributed by atoms with Crippen molar-refractivity contribution in [3.8, 4) is 0 Å². The zero-order valence-corrected chi connectivity index (χ0v) is 10.4. The molecule has 0 aliphatic carbocycles. The van der Waals surface area contributed by atoms with Crippen LogP contribution in [0.25, 0.3) is 32.3 Å². The first kappa shape index (κ1) is 11.0. The summed E-state index contributed by atoms with van der Waals surface area (Å²) < 4.78 is 0. The molecule has 0 bridgehead atoms. The minimum absolute atomic E-state index is 0.283. The SMILES string of the molecule is O=c1[nH][nH]c(=O)c2cc3cc4ccccc4cc3cc12. The fourth-order valence-electron chi connectivity index (χ4n) is 2.62. The van der Waals surface area contributed by atoms with Crippen LogP contribution < -0.4 is 11.1 Å². The number of fused-ring (bicyclic) bond motifs is 3. The van der Waals surface area contributed by atoms with Crippen molar-refractivity contribution in [2.45, 2.75) is 0 Å². The Bertz CT molecular complexity index is 1000. The maximum Gasteiger partial charge on any atom is 0.270 e. The van der Waals surface area contributed by atoms with E-state index in [0.717, 1.165) is 21.5 Å². The Balaban J connectivity index is 2.27. The molecule has 1 aromatic heterocycles. The molecule has 1 heterocycles. The van der Waals surface area contributed by atoms with Gasteiger partial charge in [0.25, 0.3) is 11.1 Å². The third kappa shape index (κ3) is 1.48. The van der Waals surface area contributed by atoms with E-state index in [1.165, 1.54) is 0 Å². The largest absolute Gasteiger partial charge is 0.270 e. The number of hydrogen-bond acceptors (Lipinski definition) is 2. The van der Waals surface area contributed by atoms with Gasteiger partial charge in [-0.25, -0.2) is 0 Å². The smallest absolute Gasteiger partial charge is 0.267 e. The van der Waals surface area contributed by atoms with Crippen LogP contribution in [0.5, 0.6) is 0 Å². The summed E-state index contributed by atoms with van der Waals surface area (Å²) in [5, 5.41) is 9.66. The molecule has 0 atom stereocenters. The van der Waals surface area contributed by atoms with Gasteiger partial charge in [0.15, 0.2) is 0 Å². The summed E-state index contributed by atoms with van der Waals surface area (Å²) in [5.74, 6) is 0. The van der Waals surface area contributed by atoms with Gasteiger partial charge in [-0.2, -0.15) is 0 Å². The van der Waals surface area contributed by atoms with Crippen LogP contribution in [0.1, 0.15) is 0 Å². The predicted molar refractivity (Wildman–Crippen MR) is 80.2 cm³/mol. The molecular formula is C16H10N2O2. The highest BCUT2D eigenvalue weighted by Crippen LogP contribution is 2.24. The van der Waals surface area contributed by atoms with Crippen molar-refractivity contribution in [3.63, 3.8) is 0 Å². The second-order valence-corrected chi connectivity index (χ2v) is 4.85. The Morgan fingerprint density at radius 1 is 0.600 bits per heavy atom. The normalized spacial score (nSPS) is 11.4. The first-order valence-corrected chi connectivity index (χ1v) is 6.29. The third-order valence-corrected chi connectivity index (χ3v) is 3.62. The van der Waals surface area contributed by atoms with Crippen LogP contribution in [0.15, 0.2) is 58.1 Å². The van der Waals surface area contributed by atoms with E-state index in [1.54, 1.807) is 12.1 Å². The van der Waals surface area contributed by atoms with Crippen LogP contribution in [0.3, 0.4) is 0 Å². The monoisotopic (exact) mass is 262 g/mol. The van der Waals surface area contributed by atoms with Crippen molar-refractivity contribution in [2.24, 2.45) is 0 Å².